The average molecular weight is 496 g/mol. The zero-order chi connectivity index (χ0) is 16.7. The van der Waals surface area contributed by atoms with Crippen LogP contribution in [-0.4, -0.2) is 11.3 Å². The van der Waals surface area contributed by atoms with Crippen LogP contribution in [0.4, 0.5) is 5.69 Å². The highest BCUT2D eigenvalue weighted by Gasteiger charge is 2.22. The number of benzene rings is 2. The lowest BCUT2D eigenvalue weighted by atomic mass is 9.94. The Morgan fingerprint density at radius 2 is 1.92 bits per heavy atom. The Kier molecular flexibility index (Phi) is 4.39. The zero-order valence-corrected chi connectivity index (χ0v) is 16.6. The number of phenols is 1. The molecular weight excluding hydrogens is 481 g/mol. The quantitative estimate of drug-likeness (QED) is 0.343. The van der Waals surface area contributed by atoms with Gasteiger partial charge in [0.15, 0.2) is 0 Å². The molecule has 0 aliphatic heterocycles. The highest BCUT2D eigenvalue weighted by molar-refractivity contribution is 14.1. The van der Waals surface area contributed by atoms with Crippen molar-refractivity contribution in [2.75, 3.05) is 0 Å². The molecule has 122 valence electrons. The Labute approximate surface area is 162 Å². The number of fused-ring (bicyclic) bond motifs is 3. The van der Waals surface area contributed by atoms with E-state index in [2.05, 4.69) is 43.5 Å². The molecule has 1 aliphatic carbocycles. The minimum atomic E-state index is 0.276. The van der Waals surface area contributed by atoms with Crippen LogP contribution in [0.3, 0.4) is 0 Å². The van der Waals surface area contributed by atoms with Crippen molar-refractivity contribution in [2.24, 2.45) is 4.99 Å². The number of halogens is 2. The third-order valence-electron chi connectivity index (χ3n) is 4.38. The summed E-state index contributed by atoms with van der Waals surface area (Å²) in [5.74, 6) is 1.34. The van der Waals surface area contributed by atoms with Crippen LogP contribution in [0.15, 0.2) is 44.2 Å². The largest absolute Gasteiger partial charge is 0.506 e. The van der Waals surface area contributed by atoms with Crippen molar-refractivity contribution >= 4 is 61.4 Å². The topological polar surface area (TPSA) is 45.7 Å². The van der Waals surface area contributed by atoms with E-state index < -0.39 is 0 Å². The smallest absolute Gasteiger partial charge is 0.138 e. The van der Waals surface area contributed by atoms with Gasteiger partial charge in [-0.15, -0.1) is 0 Å². The number of aryl methyl sites for hydroxylation is 2. The van der Waals surface area contributed by atoms with E-state index in [0.29, 0.717) is 0 Å². The second-order valence-corrected chi connectivity index (χ2v) is 8.02. The zero-order valence-electron chi connectivity index (χ0n) is 12.9. The molecule has 0 spiro atoms. The number of rotatable bonds is 2. The van der Waals surface area contributed by atoms with Gasteiger partial charge < -0.3 is 9.52 Å². The Morgan fingerprint density at radius 3 is 2.71 bits per heavy atom. The molecule has 0 radical (unpaired) electrons. The second-order valence-electron chi connectivity index (χ2n) is 5.94. The minimum absolute atomic E-state index is 0.276. The van der Waals surface area contributed by atoms with Crippen molar-refractivity contribution in [2.45, 2.75) is 25.7 Å². The van der Waals surface area contributed by atoms with Crippen LogP contribution in [0.1, 0.15) is 29.7 Å². The van der Waals surface area contributed by atoms with Crippen LogP contribution < -0.4 is 0 Å². The van der Waals surface area contributed by atoms with Gasteiger partial charge in [-0.25, -0.2) is 0 Å². The summed E-state index contributed by atoms with van der Waals surface area (Å²) in [7, 11) is 0. The van der Waals surface area contributed by atoms with Crippen LogP contribution >= 0.6 is 38.5 Å². The Hall–Kier alpha value is -1.34. The Morgan fingerprint density at radius 1 is 1.17 bits per heavy atom. The first-order valence-corrected chi connectivity index (χ1v) is 9.76. The lowest BCUT2D eigenvalue weighted by molar-refractivity contribution is 0.471. The highest BCUT2D eigenvalue weighted by Crippen LogP contribution is 2.39. The summed E-state index contributed by atoms with van der Waals surface area (Å²) < 4.78 is 7.85. The summed E-state index contributed by atoms with van der Waals surface area (Å²) in [5.41, 5.74) is 3.69. The summed E-state index contributed by atoms with van der Waals surface area (Å²) in [4.78, 5) is 4.55. The van der Waals surface area contributed by atoms with E-state index in [4.69, 9.17) is 4.42 Å². The van der Waals surface area contributed by atoms with Crippen molar-refractivity contribution in [1.29, 1.82) is 0 Å². The van der Waals surface area contributed by atoms with E-state index in [9.17, 15) is 5.11 Å². The number of aliphatic imine (C=N–C) groups is 1. The van der Waals surface area contributed by atoms with Gasteiger partial charge in [0.1, 0.15) is 17.1 Å². The molecule has 4 rings (SSSR count). The Bertz CT molecular complexity index is 944. The standard InChI is InChI=1S/C19H15BrINO2/c20-11-5-7-12(8-6-11)22-10-14-18-13-3-1-2-4-16(13)24-17(18)9-15(21)19(14)23/h5-10,23H,1-4H2. The SMILES string of the molecule is Oc1c(I)cc2oc3c(c2c1C=Nc1ccc(Br)cc1)CCCC3. The average Bonchev–Trinajstić information content (AvgIpc) is 2.95. The molecule has 3 nitrogen and oxygen atoms in total. The molecule has 2 aromatic carbocycles. The maximum absolute atomic E-state index is 10.6. The van der Waals surface area contributed by atoms with Gasteiger partial charge in [0.25, 0.3) is 0 Å². The van der Waals surface area contributed by atoms with Gasteiger partial charge in [0.05, 0.1) is 9.26 Å². The van der Waals surface area contributed by atoms with Crippen LogP contribution in [-0.2, 0) is 12.8 Å². The molecule has 0 saturated heterocycles. The van der Waals surface area contributed by atoms with Gasteiger partial charge in [-0.3, -0.25) is 4.99 Å². The Balaban J connectivity index is 1.88. The van der Waals surface area contributed by atoms with E-state index in [-0.39, 0.29) is 5.75 Å². The van der Waals surface area contributed by atoms with E-state index in [1.807, 2.05) is 30.3 Å². The van der Waals surface area contributed by atoms with Crippen molar-refractivity contribution in [1.82, 2.24) is 0 Å². The van der Waals surface area contributed by atoms with E-state index >= 15 is 0 Å². The highest BCUT2D eigenvalue weighted by atomic mass is 127. The van der Waals surface area contributed by atoms with Crippen molar-refractivity contribution < 1.29 is 9.52 Å². The number of hydrogen-bond donors (Lipinski definition) is 1. The maximum atomic E-state index is 10.6. The fourth-order valence-electron chi connectivity index (χ4n) is 3.21. The van der Waals surface area contributed by atoms with Gasteiger partial charge in [0, 0.05) is 33.6 Å². The molecule has 3 aromatic rings. The van der Waals surface area contributed by atoms with Crippen LogP contribution in [0.25, 0.3) is 11.0 Å². The van der Waals surface area contributed by atoms with Gasteiger partial charge in [-0.2, -0.15) is 0 Å². The number of phenolic OH excluding ortho intramolecular Hbond substituents is 1. The summed E-state index contributed by atoms with van der Waals surface area (Å²) in [6, 6.07) is 9.70. The molecule has 0 atom stereocenters. The molecule has 1 aliphatic rings. The number of nitrogens with zero attached hydrogens (tertiary/aromatic N) is 1. The molecular formula is C19H15BrINO2. The van der Waals surface area contributed by atoms with Crippen LogP contribution in [0.2, 0.25) is 0 Å². The van der Waals surface area contributed by atoms with E-state index in [0.717, 1.165) is 61.7 Å². The first-order valence-electron chi connectivity index (χ1n) is 7.89. The molecule has 0 unspecified atom stereocenters. The summed E-state index contributed by atoms with van der Waals surface area (Å²) in [6.07, 6.45) is 6.06. The normalized spacial score (nSPS) is 14.4. The monoisotopic (exact) mass is 495 g/mol. The minimum Gasteiger partial charge on any atom is -0.506 e. The third-order valence-corrected chi connectivity index (χ3v) is 5.73. The van der Waals surface area contributed by atoms with E-state index in [1.165, 1.54) is 5.56 Å². The van der Waals surface area contributed by atoms with Crippen LogP contribution in [0.5, 0.6) is 5.75 Å². The lowest BCUT2D eigenvalue weighted by Gasteiger charge is -2.10. The molecule has 0 amide bonds. The number of hydrogen-bond acceptors (Lipinski definition) is 3. The maximum Gasteiger partial charge on any atom is 0.138 e. The predicted octanol–water partition coefficient (Wildman–Crippen LogP) is 6.13. The first-order chi connectivity index (χ1) is 11.6. The van der Waals surface area contributed by atoms with E-state index in [1.54, 1.807) is 6.21 Å². The molecule has 1 N–H and O–H groups in total. The first kappa shape index (κ1) is 16.1. The molecule has 0 bridgehead atoms. The number of furan rings is 1. The molecule has 24 heavy (non-hydrogen) atoms. The summed E-state index contributed by atoms with van der Waals surface area (Å²) >= 11 is 5.57. The van der Waals surface area contributed by atoms with Crippen LogP contribution in [0, 0.1) is 3.57 Å². The predicted molar refractivity (Wildman–Crippen MR) is 109 cm³/mol. The van der Waals surface area contributed by atoms with Crippen molar-refractivity contribution in [3.63, 3.8) is 0 Å². The third kappa shape index (κ3) is 2.88. The van der Waals surface area contributed by atoms with Crippen molar-refractivity contribution in [3.05, 3.63) is 55.3 Å². The molecule has 0 fully saturated rings. The van der Waals surface area contributed by atoms with Gasteiger partial charge in [0.2, 0.25) is 0 Å². The second kappa shape index (κ2) is 6.52. The van der Waals surface area contributed by atoms with Gasteiger partial charge in [-0.05, 0) is 72.2 Å². The molecule has 5 heteroatoms. The lowest BCUT2D eigenvalue weighted by Crippen LogP contribution is -2.00. The van der Waals surface area contributed by atoms with Gasteiger partial charge >= 0.3 is 0 Å². The summed E-state index contributed by atoms with van der Waals surface area (Å²) in [5, 5.41) is 11.6. The molecule has 1 heterocycles. The number of aromatic hydroxyl groups is 1. The fourth-order valence-corrected chi connectivity index (χ4v) is 4.04. The molecule has 0 saturated carbocycles. The fraction of sp³-hybridized carbons (Fsp3) is 0.211. The molecule has 1 aromatic heterocycles. The summed E-state index contributed by atoms with van der Waals surface area (Å²) in [6.45, 7) is 0. The van der Waals surface area contributed by atoms with Gasteiger partial charge in [-0.1, -0.05) is 15.9 Å². The van der Waals surface area contributed by atoms with Crippen molar-refractivity contribution in [3.8, 4) is 5.75 Å².